The molecule has 4 heterocycles. The van der Waals surface area contributed by atoms with E-state index in [1.165, 1.54) is 231 Å². The molecule has 0 aliphatic carbocycles. The Morgan fingerprint density at radius 2 is 0.576 bits per heavy atom. The van der Waals surface area contributed by atoms with Crippen LogP contribution < -0.4 is 10.9 Å². The summed E-state index contributed by atoms with van der Waals surface area (Å²) in [5.41, 5.74) is 0.715. The Balaban J connectivity index is 1.16. The summed E-state index contributed by atoms with van der Waals surface area (Å²) in [6.07, 6.45) is 41.0. The number of thiophene rings is 2. The van der Waals surface area contributed by atoms with E-state index in [9.17, 15) is 0 Å². The van der Waals surface area contributed by atoms with Gasteiger partial charge in [-0.2, -0.15) is 0 Å². The minimum Gasteiger partial charge on any atom is -0.399 e. The van der Waals surface area contributed by atoms with Crippen LogP contribution in [0.5, 0.6) is 0 Å². The van der Waals surface area contributed by atoms with Crippen LogP contribution in [0, 0.1) is 0 Å². The third-order valence-electron chi connectivity index (χ3n) is 16.1. The Morgan fingerprint density at radius 1 is 0.333 bits per heavy atom. The topological polar surface area (TPSA) is 36.9 Å². The number of hydrogen-bond acceptors (Lipinski definition) is 6. The Morgan fingerprint density at radius 3 is 0.833 bits per heavy atom. The van der Waals surface area contributed by atoms with Gasteiger partial charge in [-0.3, -0.25) is 0 Å². The van der Waals surface area contributed by atoms with Crippen LogP contribution in [-0.4, -0.2) is 36.6 Å². The van der Waals surface area contributed by atoms with Crippen molar-refractivity contribution in [3.05, 3.63) is 34.0 Å². The maximum atomic E-state index is 6.85. The standard InChI is InChI=1S/C58H94B2O4S2/c1-11-13-15-17-19-21-23-25-27-29-31-33-35-37-39-45-41-49-47-43-52(60-63-57(7,8)58(9,10)64-60)54-50(48(47)44-51(53(49)65-45)59-61-55(3,4)56(5,6)62-59)42-46(66-54)40-38-36-34-32-30-28-26-24-22-20-18-16-14-12-2/h41-44H,11-40H2,1-10H3. The molecule has 4 nitrogen and oxygen atoms in total. The van der Waals surface area contributed by atoms with Crippen molar-refractivity contribution in [3.8, 4) is 0 Å². The molecular weight excluding hydrogens is 846 g/mol. The fourth-order valence-electron chi connectivity index (χ4n) is 10.3. The Bertz CT molecular complexity index is 1880. The summed E-state index contributed by atoms with van der Waals surface area (Å²) >= 11 is 3.93. The van der Waals surface area contributed by atoms with Gasteiger partial charge in [0.25, 0.3) is 0 Å². The highest BCUT2D eigenvalue weighted by atomic mass is 32.1. The van der Waals surface area contributed by atoms with E-state index in [1.807, 2.05) is 22.7 Å². The lowest BCUT2D eigenvalue weighted by atomic mass is 9.74. The van der Waals surface area contributed by atoms with E-state index in [0.717, 1.165) is 12.8 Å². The minimum absolute atomic E-state index is 0.410. The molecule has 66 heavy (non-hydrogen) atoms. The molecule has 0 unspecified atom stereocenters. The van der Waals surface area contributed by atoms with Crippen molar-refractivity contribution in [3.63, 3.8) is 0 Å². The van der Waals surface area contributed by atoms with Crippen molar-refractivity contribution in [1.82, 2.24) is 0 Å². The number of fused-ring (bicyclic) bond motifs is 5. The molecule has 4 aromatic rings. The highest BCUT2D eigenvalue weighted by Gasteiger charge is 2.54. The van der Waals surface area contributed by atoms with Gasteiger partial charge in [0.2, 0.25) is 0 Å². The number of hydrogen-bond donors (Lipinski definition) is 0. The summed E-state index contributed by atoms with van der Waals surface area (Å²) in [5.74, 6) is 0. The van der Waals surface area contributed by atoms with E-state index in [4.69, 9.17) is 18.6 Å². The lowest BCUT2D eigenvalue weighted by Crippen LogP contribution is -2.41. The first kappa shape index (κ1) is 53.9. The van der Waals surface area contributed by atoms with Gasteiger partial charge in [0.1, 0.15) is 0 Å². The molecule has 8 heteroatoms. The molecule has 2 aliphatic heterocycles. The Labute approximate surface area is 413 Å². The van der Waals surface area contributed by atoms with Crippen LogP contribution in [0.4, 0.5) is 0 Å². The zero-order chi connectivity index (χ0) is 47.2. The molecule has 0 N–H and O–H groups in total. The maximum absolute atomic E-state index is 6.85. The Hall–Kier alpha value is -1.41. The first-order valence-electron chi connectivity index (χ1n) is 27.8. The summed E-state index contributed by atoms with van der Waals surface area (Å²) in [7, 11) is -0.832. The summed E-state index contributed by atoms with van der Waals surface area (Å²) in [5, 5.41) is 5.24. The summed E-state index contributed by atoms with van der Waals surface area (Å²) < 4.78 is 30.0. The van der Waals surface area contributed by atoms with Crippen LogP contribution in [0.2, 0.25) is 0 Å². The molecule has 0 saturated carbocycles. The Kier molecular flexibility index (Phi) is 20.9. The monoisotopic (exact) mass is 941 g/mol. The van der Waals surface area contributed by atoms with Gasteiger partial charge in [0.15, 0.2) is 0 Å². The molecule has 0 amide bonds. The molecule has 0 spiro atoms. The largest absolute Gasteiger partial charge is 0.496 e. The predicted molar refractivity (Wildman–Crippen MR) is 294 cm³/mol. The van der Waals surface area contributed by atoms with Gasteiger partial charge in [0, 0.05) is 40.9 Å². The quantitative estimate of drug-likeness (QED) is 0.0361. The van der Waals surface area contributed by atoms with Gasteiger partial charge in [-0.05, 0) is 104 Å². The van der Waals surface area contributed by atoms with Crippen LogP contribution in [0.25, 0.3) is 30.9 Å². The molecule has 0 bridgehead atoms. The predicted octanol–water partition coefficient (Wildman–Crippen LogP) is 17.9. The van der Waals surface area contributed by atoms with E-state index in [-0.39, 0.29) is 0 Å². The fraction of sp³-hybridized carbons (Fsp3) is 0.759. The minimum atomic E-state index is -0.416. The number of benzene rings is 2. The van der Waals surface area contributed by atoms with Crippen LogP contribution >= 0.6 is 22.7 Å². The van der Waals surface area contributed by atoms with E-state index >= 15 is 0 Å². The zero-order valence-electron chi connectivity index (χ0n) is 44.1. The lowest BCUT2D eigenvalue weighted by Gasteiger charge is -2.32. The third-order valence-corrected chi connectivity index (χ3v) is 18.6. The van der Waals surface area contributed by atoms with Crippen molar-refractivity contribution < 1.29 is 18.6 Å². The molecule has 0 atom stereocenters. The highest BCUT2D eigenvalue weighted by molar-refractivity contribution is 7.21. The molecule has 2 fully saturated rings. The van der Waals surface area contributed by atoms with Crippen molar-refractivity contribution in [1.29, 1.82) is 0 Å². The second kappa shape index (κ2) is 25.6. The van der Waals surface area contributed by atoms with Crippen molar-refractivity contribution in [2.24, 2.45) is 0 Å². The summed E-state index contributed by atoms with van der Waals surface area (Å²) in [6, 6.07) is 9.90. The van der Waals surface area contributed by atoms with E-state index < -0.39 is 36.6 Å². The third kappa shape index (κ3) is 14.4. The summed E-state index contributed by atoms with van der Waals surface area (Å²) in [6.45, 7) is 22.0. The lowest BCUT2D eigenvalue weighted by molar-refractivity contribution is 0.00578. The van der Waals surface area contributed by atoms with Crippen molar-refractivity contribution in [2.75, 3.05) is 0 Å². The molecule has 2 aromatic heterocycles. The zero-order valence-corrected chi connectivity index (χ0v) is 45.8. The first-order chi connectivity index (χ1) is 31.7. The van der Waals surface area contributed by atoms with Gasteiger partial charge in [-0.1, -0.05) is 193 Å². The van der Waals surface area contributed by atoms with Crippen LogP contribution in [0.15, 0.2) is 24.3 Å². The number of aryl methyl sites for hydroxylation is 2. The van der Waals surface area contributed by atoms with Gasteiger partial charge >= 0.3 is 14.2 Å². The van der Waals surface area contributed by atoms with Gasteiger partial charge < -0.3 is 18.6 Å². The highest BCUT2D eigenvalue weighted by Crippen LogP contribution is 2.43. The second-order valence-electron chi connectivity index (χ2n) is 22.8. The molecule has 2 aromatic carbocycles. The van der Waals surface area contributed by atoms with Crippen molar-refractivity contribution in [2.45, 2.75) is 284 Å². The van der Waals surface area contributed by atoms with Crippen LogP contribution in [-0.2, 0) is 31.5 Å². The van der Waals surface area contributed by atoms with Crippen LogP contribution in [0.3, 0.4) is 0 Å². The molecule has 2 saturated heterocycles. The molecule has 2 aliphatic rings. The van der Waals surface area contributed by atoms with E-state index in [0.29, 0.717) is 0 Å². The van der Waals surface area contributed by atoms with E-state index in [1.54, 1.807) is 0 Å². The van der Waals surface area contributed by atoms with Gasteiger partial charge in [0.05, 0.1) is 22.4 Å². The second-order valence-corrected chi connectivity index (χ2v) is 25.1. The molecular formula is C58H94B2O4S2. The smallest absolute Gasteiger partial charge is 0.399 e. The average Bonchev–Trinajstić information content (AvgIpc) is 4.00. The van der Waals surface area contributed by atoms with Gasteiger partial charge in [-0.15, -0.1) is 22.7 Å². The first-order valence-corrected chi connectivity index (χ1v) is 29.5. The fourth-order valence-corrected chi connectivity index (χ4v) is 12.8. The van der Waals surface area contributed by atoms with Crippen LogP contribution in [0.1, 0.15) is 259 Å². The SMILES string of the molecule is CCCCCCCCCCCCCCCCc1cc2c(s1)c(B1OC(C)(C)C(C)(C)O1)cc1c3cc(CCCCCCCCCCCCCCCC)sc3c(B3OC(C)(C)C(C)(C)O3)cc21. The summed E-state index contributed by atoms with van der Waals surface area (Å²) in [4.78, 5) is 2.94. The van der Waals surface area contributed by atoms with Gasteiger partial charge in [-0.25, -0.2) is 0 Å². The van der Waals surface area contributed by atoms with E-state index in [2.05, 4.69) is 93.5 Å². The maximum Gasteiger partial charge on any atom is 0.496 e. The van der Waals surface area contributed by atoms with Crippen molar-refractivity contribution >= 4 is 78.8 Å². The molecule has 0 radical (unpaired) electrons. The number of unbranched alkanes of at least 4 members (excludes halogenated alkanes) is 26. The molecule has 368 valence electrons. The normalized spacial score (nSPS) is 17.7. The molecule has 6 rings (SSSR count). The number of rotatable bonds is 32. The average molecular weight is 941 g/mol.